The molecule has 0 aliphatic heterocycles. The highest BCUT2D eigenvalue weighted by molar-refractivity contribution is 7.13. The van der Waals surface area contributed by atoms with Crippen LogP contribution in [0.4, 0.5) is 10.8 Å². The summed E-state index contributed by atoms with van der Waals surface area (Å²) in [5.74, 6) is 0. The number of rotatable bonds is 2. The summed E-state index contributed by atoms with van der Waals surface area (Å²) in [5, 5.41) is 8.67. The van der Waals surface area contributed by atoms with Crippen LogP contribution in [-0.2, 0) is 0 Å². The van der Waals surface area contributed by atoms with Crippen molar-refractivity contribution in [3.63, 3.8) is 0 Å². The monoisotopic (exact) mass is 291 g/mol. The van der Waals surface area contributed by atoms with Crippen molar-refractivity contribution >= 4 is 44.0 Å². The lowest BCUT2D eigenvalue weighted by atomic mass is 10.1. The first kappa shape index (κ1) is 12.3. The van der Waals surface area contributed by atoms with Crippen LogP contribution >= 0.6 is 11.3 Å². The maximum absolute atomic E-state index is 4.73. The van der Waals surface area contributed by atoms with Crippen LogP contribution in [0, 0.1) is 6.92 Å². The zero-order chi connectivity index (χ0) is 14.2. The van der Waals surface area contributed by atoms with E-state index in [1.54, 1.807) is 11.3 Å². The number of hydrogen-bond acceptors (Lipinski definition) is 4. The fourth-order valence-corrected chi connectivity index (χ4v) is 3.19. The van der Waals surface area contributed by atoms with Crippen LogP contribution in [0.1, 0.15) is 5.69 Å². The Bertz CT molecular complexity index is 889. The molecule has 2 heterocycles. The Morgan fingerprint density at radius 3 is 2.05 bits per heavy atom. The standard InChI is InChI=1S/C17H13N3S/c1-11-10-21-17(18-11)20-16-12-6-2-4-8-14(12)19-15-9-5-3-7-13(15)16/h2-10H,1H3,(H,18,19,20). The van der Waals surface area contributed by atoms with Crippen molar-refractivity contribution in [2.45, 2.75) is 6.92 Å². The molecule has 0 atom stereocenters. The summed E-state index contributed by atoms with van der Waals surface area (Å²) in [4.78, 5) is 9.23. The lowest BCUT2D eigenvalue weighted by Crippen LogP contribution is -1.94. The Hall–Kier alpha value is -2.46. The molecule has 21 heavy (non-hydrogen) atoms. The maximum Gasteiger partial charge on any atom is 0.187 e. The zero-order valence-corrected chi connectivity index (χ0v) is 12.3. The van der Waals surface area contributed by atoms with Gasteiger partial charge in [-0.25, -0.2) is 9.97 Å². The minimum atomic E-state index is 0.911. The smallest absolute Gasteiger partial charge is 0.187 e. The van der Waals surface area contributed by atoms with Gasteiger partial charge < -0.3 is 5.32 Å². The maximum atomic E-state index is 4.73. The molecule has 1 N–H and O–H groups in total. The Labute approximate surface area is 126 Å². The molecule has 4 aromatic rings. The quantitative estimate of drug-likeness (QED) is 0.534. The van der Waals surface area contributed by atoms with Crippen molar-refractivity contribution in [1.29, 1.82) is 0 Å². The first-order valence-corrected chi connectivity index (χ1v) is 7.66. The molecular formula is C17H13N3S. The number of thiazole rings is 1. The minimum absolute atomic E-state index is 0.911. The molecule has 0 saturated carbocycles. The first-order chi connectivity index (χ1) is 10.3. The number of aromatic nitrogens is 2. The summed E-state index contributed by atoms with van der Waals surface area (Å²) in [5.41, 5.74) is 4.09. The highest BCUT2D eigenvalue weighted by Gasteiger charge is 2.10. The van der Waals surface area contributed by atoms with Gasteiger partial charge in [0, 0.05) is 16.2 Å². The number of fused-ring (bicyclic) bond motifs is 2. The van der Waals surface area contributed by atoms with E-state index in [0.29, 0.717) is 0 Å². The average Bonchev–Trinajstić information content (AvgIpc) is 2.92. The topological polar surface area (TPSA) is 37.8 Å². The van der Waals surface area contributed by atoms with Crippen LogP contribution in [0.25, 0.3) is 21.8 Å². The molecule has 0 unspecified atom stereocenters. The minimum Gasteiger partial charge on any atom is -0.330 e. The van der Waals surface area contributed by atoms with Crippen LogP contribution in [-0.4, -0.2) is 9.97 Å². The van der Waals surface area contributed by atoms with Crippen molar-refractivity contribution in [2.75, 3.05) is 5.32 Å². The lowest BCUT2D eigenvalue weighted by molar-refractivity contribution is 1.26. The fraction of sp³-hybridized carbons (Fsp3) is 0.0588. The summed E-state index contributed by atoms with van der Waals surface area (Å²) in [6.07, 6.45) is 0. The van der Waals surface area contributed by atoms with E-state index in [4.69, 9.17) is 4.98 Å². The molecule has 102 valence electrons. The third-order valence-corrected chi connectivity index (χ3v) is 4.31. The van der Waals surface area contributed by atoms with E-state index in [-0.39, 0.29) is 0 Å². The molecule has 0 saturated heterocycles. The number of pyridine rings is 1. The number of nitrogens with zero attached hydrogens (tertiary/aromatic N) is 2. The Morgan fingerprint density at radius 1 is 0.857 bits per heavy atom. The van der Waals surface area contributed by atoms with E-state index in [1.807, 2.05) is 48.7 Å². The molecule has 0 fully saturated rings. The molecule has 3 nitrogen and oxygen atoms in total. The van der Waals surface area contributed by atoms with Gasteiger partial charge in [0.2, 0.25) is 0 Å². The highest BCUT2D eigenvalue weighted by atomic mass is 32.1. The molecule has 2 aromatic carbocycles. The second kappa shape index (κ2) is 4.82. The highest BCUT2D eigenvalue weighted by Crippen LogP contribution is 2.33. The van der Waals surface area contributed by atoms with Crippen LogP contribution in [0.2, 0.25) is 0 Å². The molecule has 2 aromatic heterocycles. The van der Waals surface area contributed by atoms with Crippen LogP contribution in [0.5, 0.6) is 0 Å². The van der Waals surface area contributed by atoms with Gasteiger partial charge in [-0.2, -0.15) is 0 Å². The number of nitrogens with one attached hydrogen (secondary N) is 1. The van der Waals surface area contributed by atoms with E-state index in [1.165, 1.54) is 0 Å². The van der Waals surface area contributed by atoms with Gasteiger partial charge >= 0.3 is 0 Å². The molecule has 4 heteroatoms. The first-order valence-electron chi connectivity index (χ1n) is 6.78. The summed E-state index contributed by atoms with van der Waals surface area (Å²) in [6.45, 7) is 2.00. The summed E-state index contributed by atoms with van der Waals surface area (Å²) >= 11 is 1.62. The summed E-state index contributed by atoms with van der Waals surface area (Å²) in [6, 6.07) is 16.4. The van der Waals surface area contributed by atoms with Crippen LogP contribution in [0.3, 0.4) is 0 Å². The predicted octanol–water partition coefficient (Wildman–Crippen LogP) is 4.90. The number of anilines is 2. The van der Waals surface area contributed by atoms with Gasteiger partial charge in [0.1, 0.15) is 0 Å². The van der Waals surface area contributed by atoms with Crippen molar-refractivity contribution in [1.82, 2.24) is 9.97 Å². The molecule has 4 rings (SSSR count). The summed E-state index contributed by atoms with van der Waals surface area (Å²) < 4.78 is 0. The average molecular weight is 291 g/mol. The van der Waals surface area contributed by atoms with Gasteiger partial charge in [0.15, 0.2) is 5.13 Å². The number of hydrogen-bond donors (Lipinski definition) is 1. The number of para-hydroxylation sites is 2. The van der Waals surface area contributed by atoms with Gasteiger partial charge in [0.25, 0.3) is 0 Å². The third-order valence-electron chi connectivity index (χ3n) is 3.44. The van der Waals surface area contributed by atoms with Gasteiger partial charge in [-0.3, -0.25) is 0 Å². The fourth-order valence-electron chi connectivity index (χ4n) is 2.49. The number of aryl methyl sites for hydroxylation is 1. The van der Waals surface area contributed by atoms with E-state index < -0.39 is 0 Å². The number of benzene rings is 2. The third kappa shape index (κ3) is 2.14. The molecular weight excluding hydrogens is 278 g/mol. The molecule has 0 bridgehead atoms. The molecule has 0 radical (unpaired) electrons. The van der Waals surface area contributed by atoms with Crippen LogP contribution in [0.15, 0.2) is 53.9 Å². The van der Waals surface area contributed by atoms with Crippen molar-refractivity contribution in [3.05, 3.63) is 59.6 Å². The van der Waals surface area contributed by atoms with Gasteiger partial charge in [0.05, 0.1) is 22.4 Å². The second-order valence-electron chi connectivity index (χ2n) is 4.94. The predicted molar refractivity (Wildman–Crippen MR) is 89.4 cm³/mol. The van der Waals surface area contributed by atoms with Crippen molar-refractivity contribution < 1.29 is 0 Å². The summed E-state index contributed by atoms with van der Waals surface area (Å²) in [7, 11) is 0. The Kier molecular flexibility index (Phi) is 2.82. The van der Waals surface area contributed by atoms with E-state index >= 15 is 0 Å². The van der Waals surface area contributed by atoms with Gasteiger partial charge in [-0.1, -0.05) is 36.4 Å². The van der Waals surface area contributed by atoms with E-state index in [9.17, 15) is 0 Å². The molecule has 0 aliphatic rings. The van der Waals surface area contributed by atoms with E-state index in [0.717, 1.165) is 38.3 Å². The largest absolute Gasteiger partial charge is 0.330 e. The Balaban J connectivity index is 2.01. The van der Waals surface area contributed by atoms with E-state index in [2.05, 4.69) is 22.4 Å². The van der Waals surface area contributed by atoms with Crippen LogP contribution < -0.4 is 5.32 Å². The van der Waals surface area contributed by atoms with Gasteiger partial charge in [-0.05, 0) is 19.1 Å². The lowest BCUT2D eigenvalue weighted by Gasteiger charge is -2.11. The normalized spacial score (nSPS) is 11.1. The van der Waals surface area contributed by atoms with Gasteiger partial charge in [-0.15, -0.1) is 11.3 Å². The van der Waals surface area contributed by atoms with Crippen molar-refractivity contribution in [3.8, 4) is 0 Å². The molecule has 0 aliphatic carbocycles. The zero-order valence-electron chi connectivity index (χ0n) is 11.5. The molecule has 0 spiro atoms. The molecule has 0 amide bonds. The van der Waals surface area contributed by atoms with Crippen molar-refractivity contribution in [2.24, 2.45) is 0 Å². The SMILES string of the molecule is Cc1csc(Nc2c3ccccc3nc3ccccc23)n1. The Morgan fingerprint density at radius 2 is 1.48 bits per heavy atom. The second-order valence-corrected chi connectivity index (χ2v) is 5.80.